The van der Waals surface area contributed by atoms with Crippen LogP contribution in [0.15, 0.2) is 29.3 Å². The zero-order chi connectivity index (χ0) is 18.2. The van der Waals surface area contributed by atoms with Gasteiger partial charge in [-0.15, -0.1) is 24.0 Å². The number of amides is 1. The number of rotatable bonds is 6. The summed E-state index contributed by atoms with van der Waals surface area (Å²) in [5, 5.41) is 0. The van der Waals surface area contributed by atoms with Gasteiger partial charge in [0.15, 0.2) is 5.96 Å². The number of nitrogens with zero attached hydrogens (tertiary/aromatic N) is 4. The van der Waals surface area contributed by atoms with Crippen molar-refractivity contribution in [2.45, 2.75) is 20.3 Å². The van der Waals surface area contributed by atoms with E-state index in [4.69, 9.17) is 5.73 Å². The second kappa shape index (κ2) is 11.2. The second-order valence-corrected chi connectivity index (χ2v) is 6.01. The van der Waals surface area contributed by atoms with Gasteiger partial charge in [0.05, 0.1) is 6.54 Å². The molecule has 0 aliphatic carbocycles. The third-order valence-corrected chi connectivity index (χ3v) is 4.51. The number of aliphatic imine (C=N–C) groups is 1. The Morgan fingerprint density at radius 1 is 1.15 bits per heavy atom. The summed E-state index contributed by atoms with van der Waals surface area (Å²) >= 11 is 0. The lowest BCUT2D eigenvalue weighted by Gasteiger charge is -2.36. The first-order chi connectivity index (χ1) is 12.0. The maximum absolute atomic E-state index is 13.0. The third kappa shape index (κ3) is 6.30. The van der Waals surface area contributed by atoms with E-state index in [1.54, 1.807) is 12.1 Å². The highest BCUT2D eigenvalue weighted by Crippen LogP contribution is 2.17. The minimum atomic E-state index is -0.234. The van der Waals surface area contributed by atoms with Gasteiger partial charge < -0.3 is 20.4 Å². The minimum Gasteiger partial charge on any atom is -0.370 e. The Hall–Kier alpha value is -1.58. The normalized spacial score (nSPS) is 14.8. The molecule has 2 N–H and O–H groups in total. The van der Waals surface area contributed by atoms with E-state index >= 15 is 0 Å². The average Bonchev–Trinajstić information content (AvgIpc) is 2.63. The molecule has 2 rings (SSSR count). The molecule has 8 heteroatoms. The number of guanidine groups is 1. The van der Waals surface area contributed by atoms with Crippen molar-refractivity contribution in [3.05, 3.63) is 30.1 Å². The number of hydrogen-bond acceptors (Lipinski definition) is 3. The van der Waals surface area contributed by atoms with E-state index in [1.807, 2.05) is 23.6 Å². The standard InChI is InChI=1S/C18H28FN5O.HI/c1-3-22(4-2)18(20)21-10-9-17(25)24-13-11-23(12-14-24)16-7-5-15(19)6-8-16;/h5-8H,3-4,9-14H2,1-2H3,(H2,20,21);1H. The SMILES string of the molecule is CCN(CC)C(N)=NCCC(=O)N1CCN(c2ccc(F)cc2)CC1.I. The summed E-state index contributed by atoms with van der Waals surface area (Å²) in [6, 6.07) is 6.48. The average molecular weight is 477 g/mol. The van der Waals surface area contributed by atoms with Crippen LogP contribution in [-0.2, 0) is 4.79 Å². The van der Waals surface area contributed by atoms with Gasteiger partial charge in [-0.25, -0.2) is 4.39 Å². The number of benzene rings is 1. The van der Waals surface area contributed by atoms with Gasteiger partial charge in [0.1, 0.15) is 5.82 Å². The summed E-state index contributed by atoms with van der Waals surface area (Å²) in [5.74, 6) is 0.371. The van der Waals surface area contributed by atoms with Gasteiger partial charge in [-0.3, -0.25) is 9.79 Å². The van der Waals surface area contributed by atoms with E-state index in [9.17, 15) is 9.18 Å². The van der Waals surface area contributed by atoms with Crippen molar-refractivity contribution < 1.29 is 9.18 Å². The maximum atomic E-state index is 13.0. The van der Waals surface area contributed by atoms with Gasteiger partial charge in [-0.1, -0.05) is 0 Å². The summed E-state index contributed by atoms with van der Waals surface area (Å²) in [7, 11) is 0. The molecule has 0 aromatic heterocycles. The molecule has 146 valence electrons. The molecular formula is C18H29FIN5O. The summed E-state index contributed by atoms with van der Waals surface area (Å²) in [5.41, 5.74) is 6.91. The van der Waals surface area contributed by atoms with Crippen LogP contribution < -0.4 is 10.6 Å². The fraction of sp³-hybridized carbons (Fsp3) is 0.556. The van der Waals surface area contributed by atoms with E-state index in [2.05, 4.69) is 9.89 Å². The van der Waals surface area contributed by atoms with E-state index in [-0.39, 0.29) is 35.7 Å². The zero-order valence-electron chi connectivity index (χ0n) is 15.5. The fourth-order valence-electron chi connectivity index (χ4n) is 2.94. The number of carbonyl (C=O) groups is 1. The van der Waals surface area contributed by atoms with Crippen molar-refractivity contribution in [3.63, 3.8) is 0 Å². The van der Waals surface area contributed by atoms with Crippen LogP contribution in [0.1, 0.15) is 20.3 Å². The van der Waals surface area contributed by atoms with Crippen LogP contribution in [0.4, 0.5) is 10.1 Å². The monoisotopic (exact) mass is 477 g/mol. The molecule has 1 aliphatic rings. The molecule has 6 nitrogen and oxygen atoms in total. The Labute approximate surface area is 172 Å². The van der Waals surface area contributed by atoms with E-state index < -0.39 is 0 Å². The lowest BCUT2D eigenvalue weighted by Crippen LogP contribution is -2.49. The number of halogens is 2. The van der Waals surface area contributed by atoms with Crippen molar-refractivity contribution in [1.29, 1.82) is 0 Å². The number of anilines is 1. The number of nitrogens with two attached hydrogens (primary N) is 1. The van der Waals surface area contributed by atoms with Crippen LogP contribution in [-0.4, -0.2) is 67.5 Å². The van der Waals surface area contributed by atoms with Gasteiger partial charge in [-0.2, -0.15) is 0 Å². The van der Waals surface area contributed by atoms with Crippen molar-refractivity contribution in [2.24, 2.45) is 10.7 Å². The molecule has 0 unspecified atom stereocenters. The summed E-state index contributed by atoms with van der Waals surface area (Å²) in [4.78, 5) is 22.6. The van der Waals surface area contributed by atoms with Crippen LogP contribution in [0, 0.1) is 5.82 Å². The number of carbonyl (C=O) groups excluding carboxylic acids is 1. The minimum absolute atomic E-state index is 0. The Bertz CT molecular complexity index is 584. The Balaban J connectivity index is 0.00000338. The van der Waals surface area contributed by atoms with Gasteiger partial charge in [0, 0.05) is 51.4 Å². The topological polar surface area (TPSA) is 65.2 Å². The molecule has 0 bridgehead atoms. The Kier molecular flexibility index (Phi) is 9.68. The highest BCUT2D eigenvalue weighted by atomic mass is 127. The van der Waals surface area contributed by atoms with Crippen molar-refractivity contribution in [1.82, 2.24) is 9.80 Å². The Morgan fingerprint density at radius 3 is 2.27 bits per heavy atom. The molecule has 1 amide bonds. The van der Waals surface area contributed by atoms with E-state index in [1.165, 1.54) is 12.1 Å². The van der Waals surface area contributed by atoms with Gasteiger partial charge in [0.25, 0.3) is 0 Å². The largest absolute Gasteiger partial charge is 0.370 e. The predicted molar refractivity (Wildman–Crippen MR) is 115 cm³/mol. The first-order valence-electron chi connectivity index (χ1n) is 8.88. The van der Waals surface area contributed by atoms with Gasteiger partial charge >= 0.3 is 0 Å². The number of hydrogen-bond donors (Lipinski definition) is 1. The van der Waals surface area contributed by atoms with Gasteiger partial charge in [-0.05, 0) is 38.1 Å². The van der Waals surface area contributed by atoms with E-state index in [0.29, 0.717) is 32.0 Å². The molecular weight excluding hydrogens is 448 g/mol. The summed E-state index contributed by atoms with van der Waals surface area (Å²) in [6.45, 7) is 8.94. The van der Waals surface area contributed by atoms with E-state index in [0.717, 1.165) is 31.9 Å². The lowest BCUT2D eigenvalue weighted by molar-refractivity contribution is -0.131. The van der Waals surface area contributed by atoms with Crippen molar-refractivity contribution in [3.8, 4) is 0 Å². The smallest absolute Gasteiger partial charge is 0.224 e. The highest BCUT2D eigenvalue weighted by molar-refractivity contribution is 14.0. The summed E-state index contributed by atoms with van der Waals surface area (Å²) in [6.07, 6.45) is 0.374. The van der Waals surface area contributed by atoms with Gasteiger partial charge in [0.2, 0.25) is 5.91 Å². The molecule has 1 saturated heterocycles. The molecule has 1 aromatic rings. The van der Waals surface area contributed by atoms with Crippen LogP contribution in [0.5, 0.6) is 0 Å². The molecule has 1 heterocycles. The molecule has 0 saturated carbocycles. The first-order valence-corrected chi connectivity index (χ1v) is 8.88. The van der Waals surface area contributed by atoms with Crippen molar-refractivity contribution in [2.75, 3.05) is 50.7 Å². The molecule has 1 fully saturated rings. The molecule has 26 heavy (non-hydrogen) atoms. The van der Waals surface area contributed by atoms with Crippen LogP contribution in [0.25, 0.3) is 0 Å². The predicted octanol–water partition coefficient (Wildman–Crippen LogP) is 2.14. The number of piperazine rings is 1. The first kappa shape index (κ1) is 22.5. The maximum Gasteiger partial charge on any atom is 0.224 e. The van der Waals surface area contributed by atoms with Crippen molar-refractivity contribution >= 4 is 41.5 Å². The molecule has 1 aliphatic heterocycles. The van der Waals surface area contributed by atoms with Crippen LogP contribution in [0.2, 0.25) is 0 Å². The highest BCUT2D eigenvalue weighted by Gasteiger charge is 2.21. The molecule has 0 radical (unpaired) electrons. The fourth-order valence-corrected chi connectivity index (χ4v) is 2.94. The van der Waals surface area contributed by atoms with Crippen LogP contribution >= 0.6 is 24.0 Å². The third-order valence-electron chi connectivity index (χ3n) is 4.51. The second-order valence-electron chi connectivity index (χ2n) is 6.01. The summed E-state index contributed by atoms with van der Waals surface area (Å²) < 4.78 is 13.0. The Morgan fingerprint density at radius 2 is 1.73 bits per heavy atom. The molecule has 1 aromatic carbocycles. The zero-order valence-corrected chi connectivity index (χ0v) is 17.9. The quantitative estimate of drug-likeness (QED) is 0.388. The lowest BCUT2D eigenvalue weighted by atomic mass is 10.2. The molecule has 0 atom stereocenters. The molecule has 0 spiro atoms. The van der Waals surface area contributed by atoms with Crippen LogP contribution in [0.3, 0.4) is 0 Å².